The second-order valence-corrected chi connectivity index (χ2v) is 6.18. The number of hydrogen-bond donors (Lipinski definition) is 1. The van der Waals surface area contributed by atoms with Crippen LogP contribution in [0, 0.1) is 0 Å². The number of nitrogens with zero attached hydrogens (tertiary/aromatic N) is 2. The summed E-state index contributed by atoms with van der Waals surface area (Å²) in [4.78, 5) is 4.98. The molecule has 1 aromatic rings. The van der Waals surface area contributed by atoms with Gasteiger partial charge in [0, 0.05) is 32.2 Å². The summed E-state index contributed by atoms with van der Waals surface area (Å²) in [6.45, 7) is 5.63. The Kier molecular flexibility index (Phi) is 3.87. The average molecular weight is 259 g/mol. The highest BCUT2D eigenvalue weighted by atomic mass is 15.2. The molecule has 0 amide bonds. The molecule has 1 N–H and O–H groups in total. The van der Waals surface area contributed by atoms with E-state index in [9.17, 15) is 0 Å². The second kappa shape index (κ2) is 5.61. The fourth-order valence-corrected chi connectivity index (χ4v) is 3.36. The van der Waals surface area contributed by atoms with Crippen molar-refractivity contribution in [1.82, 2.24) is 15.1 Å². The molecule has 2 aliphatic heterocycles. The Balaban J connectivity index is 1.64. The summed E-state index contributed by atoms with van der Waals surface area (Å²) in [7, 11) is 4.51. The molecule has 1 atom stereocenters. The summed E-state index contributed by atoms with van der Waals surface area (Å²) in [5.74, 6) is 0. The van der Waals surface area contributed by atoms with E-state index in [1.165, 1.54) is 42.6 Å². The van der Waals surface area contributed by atoms with Crippen molar-refractivity contribution in [2.45, 2.75) is 38.5 Å². The van der Waals surface area contributed by atoms with Crippen LogP contribution in [0.15, 0.2) is 18.2 Å². The molecule has 2 aliphatic rings. The summed E-state index contributed by atoms with van der Waals surface area (Å²) >= 11 is 0. The van der Waals surface area contributed by atoms with Gasteiger partial charge >= 0.3 is 0 Å². The van der Waals surface area contributed by atoms with Gasteiger partial charge in [-0.3, -0.25) is 4.90 Å². The molecule has 19 heavy (non-hydrogen) atoms. The molecule has 1 fully saturated rings. The zero-order chi connectivity index (χ0) is 13.2. The van der Waals surface area contributed by atoms with Crippen LogP contribution in [0.3, 0.4) is 0 Å². The molecular weight excluding hydrogens is 234 g/mol. The lowest BCUT2D eigenvalue weighted by Gasteiger charge is -2.36. The average Bonchev–Trinajstić information content (AvgIpc) is 2.86. The first-order chi connectivity index (χ1) is 9.22. The summed E-state index contributed by atoms with van der Waals surface area (Å²) in [5.41, 5.74) is 4.42. The van der Waals surface area contributed by atoms with Gasteiger partial charge in [-0.15, -0.1) is 0 Å². The third-order valence-electron chi connectivity index (χ3n) is 4.56. The number of piperidine rings is 1. The Morgan fingerprint density at radius 3 is 3.00 bits per heavy atom. The van der Waals surface area contributed by atoms with Crippen molar-refractivity contribution < 1.29 is 0 Å². The van der Waals surface area contributed by atoms with Gasteiger partial charge in [-0.25, -0.2) is 0 Å². The molecule has 3 nitrogen and oxygen atoms in total. The van der Waals surface area contributed by atoms with E-state index in [1.807, 2.05) is 0 Å². The quantitative estimate of drug-likeness (QED) is 0.893. The van der Waals surface area contributed by atoms with E-state index in [-0.39, 0.29) is 0 Å². The van der Waals surface area contributed by atoms with E-state index in [0.29, 0.717) is 6.04 Å². The molecule has 0 aliphatic carbocycles. The highest BCUT2D eigenvalue weighted by molar-refractivity contribution is 5.34. The topological polar surface area (TPSA) is 18.5 Å². The van der Waals surface area contributed by atoms with Crippen molar-refractivity contribution in [2.24, 2.45) is 0 Å². The minimum Gasteiger partial charge on any atom is -0.309 e. The smallest absolute Gasteiger partial charge is 0.0234 e. The normalized spacial score (nSPS) is 23.8. The van der Waals surface area contributed by atoms with E-state index >= 15 is 0 Å². The van der Waals surface area contributed by atoms with Crippen LogP contribution < -0.4 is 5.32 Å². The van der Waals surface area contributed by atoms with Crippen molar-refractivity contribution in [3.05, 3.63) is 34.9 Å². The maximum Gasteiger partial charge on any atom is 0.0234 e. The molecule has 2 heterocycles. The number of likely N-dealkylation sites (tertiary alicyclic amines) is 1. The van der Waals surface area contributed by atoms with Crippen molar-refractivity contribution >= 4 is 0 Å². The van der Waals surface area contributed by atoms with Gasteiger partial charge in [0.05, 0.1) is 0 Å². The molecule has 3 heteroatoms. The molecule has 0 bridgehead atoms. The van der Waals surface area contributed by atoms with Gasteiger partial charge in [0.1, 0.15) is 0 Å². The maximum atomic E-state index is 3.42. The molecule has 0 aromatic heterocycles. The van der Waals surface area contributed by atoms with Crippen LogP contribution in [0.25, 0.3) is 0 Å². The predicted molar refractivity (Wildman–Crippen MR) is 79.0 cm³/mol. The van der Waals surface area contributed by atoms with E-state index in [1.54, 1.807) is 0 Å². The van der Waals surface area contributed by atoms with E-state index in [0.717, 1.165) is 19.6 Å². The molecule has 104 valence electrons. The van der Waals surface area contributed by atoms with Crippen LogP contribution in [0.4, 0.5) is 0 Å². The fraction of sp³-hybridized carbons (Fsp3) is 0.625. The van der Waals surface area contributed by atoms with Crippen LogP contribution in [0.1, 0.15) is 29.5 Å². The Labute approximate surface area is 116 Å². The van der Waals surface area contributed by atoms with E-state index < -0.39 is 0 Å². The second-order valence-electron chi connectivity index (χ2n) is 6.18. The predicted octanol–water partition coefficient (Wildman–Crippen LogP) is 1.82. The molecule has 0 saturated carbocycles. The number of benzene rings is 1. The first kappa shape index (κ1) is 13.1. The maximum absolute atomic E-state index is 3.42. The number of fused-ring (bicyclic) bond motifs is 1. The van der Waals surface area contributed by atoms with Crippen LogP contribution in [-0.4, -0.2) is 43.0 Å². The number of nitrogens with one attached hydrogen (secondary N) is 1. The van der Waals surface area contributed by atoms with Crippen LogP contribution >= 0.6 is 0 Å². The summed E-state index contributed by atoms with van der Waals surface area (Å²) in [5, 5.41) is 3.42. The third-order valence-corrected chi connectivity index (χ3v) is 4.56. The lowest BCUT2D eigenvalue weighted by atomic mass is 10.0. The lowest BCUT2D eigenvalue weighted by Crippen LogP contribution is -2.44. The zero-order valence-corrected chi connectivity index (χ0v) is 12.2. The van der Waals surface area contributed by atoms with Crippen molar-refractivity contribution in [3.63, 3.8) is 0 Å². The van der Waals surface area contributed by atoms with Gasteiger partial charge in [-0.1, -0.05) is 18.2 Å². The zero-order valence-electron chi connectivity index (χ0n) is 12.2. The Morgan fingerprint density at radius 1 is 1.32 bits per heavy atom. The lowest BCUT2D eigenvalue weighted by molar-refractivity contribution is 0.129. The molecule has 0 spiro atoms. The van der Waals surface area contributed by atoms with Crippen LogP contribution in [0.2, 0.25) is 0 Å². The number of likely N-dealkylation sites (N-methyl/N-ethyl adjacent to an activating group) is 2. The first-order valence-corrected chi connectivity index (χ1v) is 7.42. The Bertz CT molecular complexity index is 444. The molecule has 0 radical (unpaired) electrons. The number of hydrogen-bond acceptors (Lipinski definition) is 3. The fourth-order valence-electron chi connectivity index (χ4n) is 3.36. The summed E-state index contributed by atoms with van der Waals surface area (Å²) < 4.78 is 0. The highest BCUT2D eigenvalue weighted by Crippen LogP contribution is 2.20. The van der Waals surface area contributed by atoms with Crippen LogP contribution in [0.5, 0.6) is 0 Å². The summed E-state index contributed by atoms with van der Waals surface area (Å²) in [6, 6.07) is 7.70. The Morgan fingerprint density at radius 2 is 2.16 bits per heavy atom. The minimum absolute atomic E-state index is 0.713. The van der Waals surface area contributed by atoms with Crippen LogP contribution in [-0.2, 0) is 19.6 Å². The minimum atomic E-state index is 0.713. The molecular formula is C16H25N3. The van der Waals surface area contributed by atoms with E-state index in [2.05, 4.69) is 47.4 Å². The first-order valence-electron chi connectivity index (χ1n) is 7.42. The molecule has 1 aromatic carbocycles. The SMILES string of the molecule is CN1CCCC(N(C)Cc2ccc3c(c2)CNC3)C1. The van der Waals surface area contributed by atoms with Gasteiger partial charge in [-0.05, 0) is 50.2 Å². The van der Waals surface area contributed by atoms with Crippen molar-refractivity contribution in [1.29, 1.82) is 0 Å². The highest BCUT2D eigenvalue weighted by Gasteiger charge is 2.21. The standard InChI is InChI=1S/C16H25N3/c1-18-7-3-4-16(12-18)19(2)11-13-5-6-14-9-17-10-15(14)8-13/h5-6,8,16-17H,3-4,7,9-12H2,1-2H3. The third kappa shape index (κ3) is 2.99. The molecule has 1 unspecified atom stereocenters. The van der Waals surface area contributed by atoms with Gasteiger partial charge < -0.3 is 10.2 Å². The van der Waals surface area contributed by atoms with Gasteiger partial charge in [0.15, 0.2) is 0 Å². The molecule has 3 rings (SSSR count). The number of rotatable bonds is 3. The van der Waals surface area contributed by atoms with Gasteiger partial charge in [0.25, 0.3) is 0 Å². The Hall–Kier alpha value is -0.900. The molecule has 1 saturated heterocycles. The van der Waals surface area contributed by atoms with Crippen molar-refractivity contribution in [3.8, 4) is 0 Å². The summed E-state index contributed by atoms with van der Waals surface area (Å²) in [6.07, 6.45) is 2.67. The largest absolute Gasteiger partial charge is 0.309 e. The monoisotopic (exact) mass is 259 g/mol. The van der Waals surface area contributed by atoms with Gasteiger partial charge in [-0.2, -0.15) is 0 Å². The van der Waals surface area contributed by atoms with Gasteiger partial charge in [0.2, 0.25) is 0 Å². The van der Waals surface area contributed by atoms with Crippen molar-refractivity contribution in [2.75, 3.05) is 27.2 Å². The van der Waals surface area contributed by atoms with E-state index in [4.69, 9.17) is 0 Å².